The van der Waals surface area contributed by atoms with Crippen molar-refractivity contribution in [2.24, 2.45) is 0 Å². The number of piperazine rings is 1. The Morgan fingerprint density at radius 2 is 1.77 bits per heavy atom. The van der Waals surface area contributed by atoms with E-state index in [4.69, 9.17) is 4.74 Å². The average molecular weight is 422 g/mol. The molecule has 0 atom stereocenters. The summed E-state index contributed by atoms with van der Waals surface area (Å²) in [6.45, 7) is 6.86. The molecule has 30 heavy (non-hydrogen) atoms. The maximum atomic E-state index is 12.8. The minimum absolute atomic E-state index is 0.0970. The standard InChI is InChI=1S/C24H27N3O2S/c1-19-18-30-23(25-19)17-29-22-9-7-21(8-10-22)24(28)27-15-13-26(14-16-27)12-11-20-5-3-2-4-6-20/h2-10,18H,11-17H2,1H3. The largest absolute Gasteiger partial charge is 0.486 e. The number of nitrogens with zero attached hydrogens (tertiary/aromatic N) is 3. The van der Waals surface area contributed by atoms with Gasteiger partial charge in [0.2, 0.25) is 0 Å². The van der Waals surface area contributed by atoms with Crippen LogP contribution in [-0.2, 0) is 13.0 Å². The molecule has 0 spiro atoms. The lowest BCUT2D eigenvalue weighted by Crippen LogP contribution is -2.49. The van der Waals surface area contributed by atoms with Crippen LogP contribution in [0.1, 0.15) is 26.6 Å². The Morgan fingerprint density at radius 1 is 1.03 bits per heavy atom. The molecule has 156 valence electrons. The van der Waals surface area contributed by atoms with Gasteiger partial charge in [-0.3, -0.25) is 9.69 Å². The van der Waals surface area contributed by atoms with E-state index in [0.29, 0.717) is 12.2 Å². The van der Waals surface area contributed by atoms with Crippen LogP contribution >= 0.6 is 11.3 Å². The van der Waals surface area contributed by atoms with Crippen molar-refractivity contribution >= 4 is 17.2 Å². The van der Waals surface area contributed by atoms with Gasteiger partial charge in [0.1, 0.15) is 17.4 Å². The molecule has 4 rings (SSSR count). The zero-order valence-corrected chi connectivity index (χ0v) is 18.1. The number of carbonyl (C=O) groups is 1. The molecule has 2 aromatic carbocycles. The molecule has 6 heteroatoms. The summed E-state index contributed by atoms with van der Waals surface area (Å²) >= 11 is 1.60. The Morgan fingerprint density at radius 3 is 2.43 bits per heavy atom. The van der Waals surface area contributed by atoms with Crippen molar-refractivity contribution in [2.45, 2.75) is 20.0 Å². The number of carbonyl (C=O) groups excluding carboxylic acids is 1. The van der Waals surface area contributed by atoms with Crippen LogP contribution in [0.4, 0.5) is 0 Å². The maximum Gasteiger partial charge on any atom is 0.253 e. The minimum atomic E-state index is 0.0970. The summed E-state index contributed by atoms with van der Waals surface area (Å²) in [7, 11) is 0. The van der Waals surface area contributed by atoms with Crippen LogP contribution in [0.5, 0.6) is 5.75 Å². The molecule has 1 aliphatic rings. The van der Waals surface area contributed by atoms with Gasteiger partial charge in [0.05, 0.1) is 0 Å². The molecular weight excluding hydrogens is 394 g/mol. The highest BCUT2D eigenvalue weighted by molar-refractivity contribution is 7.09. The monoisotopic (exact) mass is 421 g/mol. The summed E-state index contributed by atoms with van der Waals surface area (Å²) in [6, 6.07) is 18.0. The van der Waals surface area contributed by atoms with Crippen molar-refractivity contribution in [3.8, 4) is 5.75 Å². The number of hydrogen-bond donors (Lipinski definition) is 0. The first-order chi connectivity index (χ1) is 14.7. The molecule has 0 bridgehead atoms. The Hall–Kier alpha value is -2.70. The van der Waals surface area contributed by atoms with Crippen LogP contribution < -0.4 is 4.74 Å². The first-order valence-electron chi connectivity index (χ1n) is 10.4. The predicted molar refractivity (Wildman–Crippen MR) is 120 cm³/mol. The number of hydrogen-bond acceptors (Lipinski definition) is 5. The normalized spacial score (nSPS) is 14.6. The third-order valence-electron chi connectivity index (χ3n) is 5.35. The van der Waals surface area contributed by atoms with Gasteiger partial charge in [0.25, 0.3) is 5.91 Å². The Bertz CT molecular complexity index is 948. The molecule has 0 unspecified atom stereocenters. The highest BCUT2D eigenvalue weighted by Gasteiger charge is 2.22. The van der Waals surface area contributed by atoms with Crippen molar-refractivity contribution in [1.82, 2.24) is 14.8 Å². The molecule has 3 aromatic rings. The van der Waals surface area contributed by atoms with Gasteiger partial charge < -0.3 is 9.64 Å². The summed E-state index contributed by atoms with van der Waals surface area (Å²) in [4.78, 5) is 21.6. The fourth-order valence-electron chi connectivity index (χ4n) is 3.60. The lowest BCUT2D eigenvalue weighted by Gasteiger charge is -2.34. The SMILES string of the molecule is Cc1csc(COc2ccc(C(=O)N3CCN(CCc4ccccc4)CC3)cc2)n1. The molecule has 1 fully saturated rings. The second-order valence-corrected chi connectivity index (χ2v) is 8.51. The molecule has 1 saturated heterocycles. The highest BCUT2D eigenvalue weighted by Crippen LogP contribution is 2.18. The van der Waals surface area contributed by atoms with Crippen molar-refractivity contribution in [3.63, 3.8) is 0 Å². The molecule has 0 radical (unpaired) electrons. The second kappa shape index (κ2) is 9.87. The van der Waals surface area contributed by atoms with Crippen LogP contribution in [0.3, 0.4) is 0 Å². The first-order valence-corrected chi connectivity index (χ1v) is 11.2. The Labute approximate surface area is 181 Å². The third kappa shape index (κ3) is 5.46. The van der Waals surface area contributed by atoms with Crippen LogP contribution in [-0.4, -0.2) is 53.4 Å². The number of benzene rings is 2. The fraction of sp³-hybridized carbons (Fsp3) is 0.333. The molecule has 5 nitrogen and oxygen atoms in total. The van der Waals surface area contributed by atoms with Gasteiger partial charge in [-0.05, 0) is 43.2 Å². The van der Waals surface area contributed by atoms with E-state index in [2.05, 4.69) is 34.1 Å². The number of amides is 1. The van der Waals surface area contributed by atoms with E-state index in [1.807, 2.05) is 47.5 Å². The van der Waals surface area contributed by atoms with Crippen LogP contribution in [0.2, 0.25) is 0 Å². The Kier molecular flexibility index (Phi) is 6.77. The molecule has 1 amide bonds. The minimum Gasteiger partial charge on any atom is -0.486 e. The second-order valence-electron chi connectivity index (χ2n) is 7.57. The summed E-state index contributed by atoms with van der Waals surface area (Å²) in [5, 5.41) is 2.97. The van der Waals surface area contributed by atoms with Crippen molar-refractivity contribution in [1.29, 1.82) is 0 Å². The number of aromatic nitrogens is 1. The van der Waals surface area contributed by atoms with Gasteiger partial charge in [-0.25, -0.2) is 4.98 Å². The zero-order valence-electron chi connectivity index (χ0n) is 17.3. The lowest BCUT2D eigenvalue weighted by atomic mass is 10.1. The van der Waals surface area contributed by atoms with Gasteiger partial charge in [0.15, 0.2) is 0 Å². The van der Waals surface area contributed by atoms with E-state index in [1.165, 1.54) is 5.56 Å². The van der Waals surface area contributed by atoms with Crippen molar-refractivity contribution < 1.29 is 9.53 Å². The number of thiazole rings is 1. The van der Waals surface area contributed by atoms with E-state index < -0.39 is 0 Å². The van der Waals surface area contributed by atoms with E-state index in [-0.39, 0.29) is 5.91 Å². The highest BCUT2D eigenvalue weighted by atomic mass is 32.1. The van der Waals surface area contributed by atoms with Gasteiger partial charge in [-0.2, -0.15) is 0 Å². The fourth-order valence-corrected chi connectivity index (χ4v) is 4.28. The van der Waals surface area contributed by atoms with E-state index >= 15 is 0 Å². The first kappa shape index (κ1) is 20.6. The topological polar surface area (TPSA) is 45.7 Å². The van der Waals surface area contributed by atoms with Crippen molar-refractivity contribution in [3.05, 3.63) is 81.8 Å². The number of aryl methyl sites for hydroxylation is 1. The average Bonchev–Trinajstić information content (AvgIpc) is 3.22. The number of rotatable bonds is 7. The van der Waals surface area contributed by atoms with E-state index in [9.17, 15) is 4.79 Å². The van der Waals surface area contributed by atoms with Crippen LogP contribution in [0, 0.1) is 6.92 Å². The Balaban J connectivity index is 1.23. The zero-order chi connectivity index (χ0) is 20.8. The lowest BCUT2D eigenvalue weighted by molar-refractivity contribution is 0.0638. The van der Waals surface area contributed by atoms with E-state index in [1.54, 1.807) is 11.3 Å². The van der Waals surface area contributed by atoms with Gasteiger partial charge in [-0.1, -0.05) is 30.3 Å². The molecule has 0 saturated carbocycles. The molecule has 0 aliphatic carbocycles. The molecule has 1 aromatic heterocycles. The van der Waals surface area contributed by atoms with Gasteiger partial charge in [0, 0.05) is 49.4 Å². The molecule has 1 aliphatic heterocycles. The van der Waals surface area contributed by atoms with Crippen LogP contribution in [0.25, 0.3) is 0 Å². The van der Waals surface area contributed by atoms with Gasteiger partial charge in [-0.15, -0.1) is 11.3 Å². The summed E-state index contributed by atoms with van der Waals surface area (Å²) < 4.78 is 5.78. The van der Waals surface area contributed by atoms with Crippen molar-refractivity contribution in [2.75, 3.05) is 32.7 Å². The number of ether oxygens (including phenoxy) is 1. The molecule has 0 N–H and O–H groups in total. The van der Waals surface area contributed by atoms with Crippen LogP contribution in [0.15, 0.2) is 60.0 Å². The smallest absolute Gasteiger partial charge is 0.253 e. The summed E-state index contributed by atoms with van der Waals surface area (Å²) in [6.07, 6.45) is 1.05. The quantitative estimate of drug-likeness (QED) is 0.578. The summed E-state index contributed by atoms with van der Waals surface area (Å²) in [5.41, 5.74) is 3.09. The predicted octanol–water partition coefficient (Wildman–Crippen LogP) is 4.03. The maximum absolute atomic E-state index is 12.8. The molecule has 2 heterocycles. The molecular formula is C24H27N3O2S. The van der Waals surface area contributed by atoms with E-state index in [0.717, 1.165) is 55.6 Å². The summed E-state index contributed by atoms with van der Waals surface area (Å²) in [5.74, 6) is 0.852. The third-order valence-corrected chi connectivity index (χ3v) is 6.29. The van der Waals surface area contributed by atoms with Gasteiger partial charge >= 0.3 is 0 Å².